The molecule has 0 bridgehead atoms. The predicted octanol–water partition coefficient (Wildman–Crippen LogP) is 0.963. The van der Waals surface area contributed by atoms with Crippen LogP contribution < -0.4 is 15.4 Å². The summed E-state index contributed by atoms with van der Waals surface area (Å²) >= 11 is 0. The minimum absolute atomic E-state index is 0.115. The molecule has 0 aromatic heterocycles. The fraction of sp³-hybridized carbons (Fsp3) is 0.471. The van der Waals surface area contributed by atoms with E-state index in [9.17, 15) is 14.4 Å². The van der Waals surface area contributed by atoms with Crippen molar-refractivity contribution in [3.63, 3.8) is 0 Å². The molecule has 0 aliphatic carbocycles. The van der Waals surface area contributed by atoms with Crippen LogP contribution >= 0.6 is 0 Å². The van der Waals surface area contributed by atoms with E-state index in [1.165, 1.54) is 0 Å². The number of nitrogens with one attached hydrogen (secondary N) is 2. The Morgan fingerprint density at radius 3 is 2.58 bits per heavy atom. The van der Waals surface area contributed by atoms with Gasteiger partial charge < -0.3 is 15.0 Å². The summed E-state index contributed by atoms with van der Waals surface area (Å²) in [6.45, 7) is 4.51. The molecule has 2 saturated heterocycles. The largest absolute Gasteiger partial charge is 0.481 e. The Hall–Kier alpha value is -2.57. The first kappa shape index (κ1) is 16.3. The van der Waals surface area contributed by atoms with Crippen LogP contribution in [0.2, 0.25) is 0 Å². The lowest BCUT2D eigenvalue weighted by molar-refractivity contribution is -0.141. The van der Waals surface area contributed by atoms with Crippen LogP contribution in [0.15, 0.2) is 24.3 Å². The van der Waals surface area contributed by atoms with Gasteiger partial charge in [0.2, 0.25) is 0 Å². The Morgan fingerprint density at radius 2 is 2.00 bits per heavy atom. The van der Waals surface area contributed by atoms with Crippen LogP contribution in [0.5, 0.6) is 5.75 Å². The van der Waals surface area contributed by atoms with Crippen LogP contribution in [0.3, 0.4) is 0 Å². The summed E-state index contributed by atoms with van der Waals surface area (Å²) in [5.74, 6) is 0.242. The van der Waals surface area contributed by atoms with Gasteiger partial charge in [-0.1, -0.05) is 12.1 Å². The molecule has 2 heterocycles. The van der Waals surface area contributed by atoms with Crippen LogP contribution in [0.25, 0.3) is 0 Å². The quantitative estimate of drug-likeness (QED) is 0.808. The molecule has 0 saturated carbocycles. The highest BCUT2D eigenvalue weighted by atomic mass is 16.5. The van der Waals surface area contributed by atoms with Gasteiger partial charge in [-0.25, -0.2) is 4.79 Å². The van der Waals surface area contributed by atoms with Crippen LogP contribution in [0.4, 0.5) is 4.79 Å². The highest BCUT2D eigenvalue weighted by Crippen LogP contribution is 2.26. The predicted molar refractivity (Wildman–Crippen MR) is 86.5 cm³/mol. The van der Waals surface area contributed by atoms with Gasteiger partial charge in [0.15, 0.2) is 6.10 Å². The molecule has 2 fully saturated rings. The number of benzene rings is 1. The third kappa shape index (κ3) is 3.06. The molecule has 2 aliphatic rings. The van der Waals surface area contributed by atoms with E-state index in [1.807, 2.05) is 31.2 Å². The molecule has 2 aliphatic heterocycles. The van der Waals surface area contributed by atoms with E-state index in [0.29, 0.717) is 31.7 Å². The zero-order valence-electron chi connectivity index (χ0n) is 13.8. The van der Waals surface area contributed by atoms with Crippen molar-refractivity contribution in [1.82, 2.24) is 15.5 Å². The molecule has 1 unspecified atom stereocenters. The lowest BCUT2D eigenvalue weighted by Crippen LogP contribution is -2.57. The minimum Gasteiger partial charge on any atom is -0.481 e. The SMILES string of the molecule is Cc1cccc(OC(C)C(=O)N2CCC3(CC2)NC(=O)NC3=O)c1. The Kier molecular flexibility index (Phi) is 4.17. The molecule has 7 heteroatoms. The number of ether oxygens (including phenoxy) is 1. The van der Waals surface area contributed by atoms with Crippen LogP contribution in [-0.4, -0.2) is 47.5 Å². The normalized spacial score (nSPS) is 20.5. The summed E-state index contributed by atoms with van der Waals surface area (Å²) in [6, 6.07) is 7.09. The van der Waals surface area contributed by atoms with Crippen LogP contribution in [-0.2, 0) is 9.59 Å². The Labute approximate surface area is 140 Å². The molecule has 0 radical (unpaired) electrons. The third-order valence-electron chi connectivity index (χ3n) is 4.59. The van der Waals surface area contributed by atoms with Crippen molar-refractivity contribution in [2.24, 2.45) is 0 Å². The van der Waals surface area contributed by atoms with Gasteiger partial charge >= 0.3 is 6.03 Å². The average molecular weight is 331 g/mol. The van der Waals surface area contributed by atoms with Gasteiger partial charge in [0.1, 0.15) is 11.3 Å². The van der Waals surface area contributed by atoms with E-state index in [1.54, 1.807) is 11.8 Å². The lowest BCUT2D eigenvalue weighted by atomic mass is 9.87. The number of piperidine rings is 1. The number of nitrogens with zero attached hydrogens (tertiary/aromatic N) is 1. The van der Waals surface area contributed by atoms with Crippen molar-refractivity contribution in [2.75, 3.05) is 13.1 Å². The Bertz CT molecular complexity index is 680. The van der Waals surface area contributed by atoms with Gasteiger partial charge in [0.25, 0.3) is 11.8 Å². The second-order valence-corrected chi connectivity index (χ2v) is 6.39. The van der Waals surface area contributed by atoms with Crippen molar-refractivity contribution in [2.45, 2.75) is 38.3 Å². The Balaban J connectivity index is 1.59. The van der Waals surface area contributed by atoms with E-state index in [2.05, 4.69) is 10.6 Å². The fourth-order valence-electron chi connectivity index (χ4n) is 3.19. The van der Waals surface area contributed by atoms with E-state index in [0.717, 1.165) is 5.56 Å². The number of rotatable bonds is 3. The number of hydrogen-bond donors (Lipinski definition) is 2. The molecule has 1 aromatic rings. The number of imide groups is 1. The standard InChI is InChI=1S/C17H21N3O4/c1-11-4-3-5-13(10-11)24-12(2)14(21)20-8-6-17(7-9-20)15(22)18-16(23)19-17/h3-5,10,12H,6-9H2,1-2H3,(H2,18,19,22,23). The summed E-state index contributed by atoms with van der Waals surface area (Å²) in [4.78, 5) is 37.5. The maximum atomic E-state index is 12.5. The van der Waals surface area contributed by atoms with E-state index in [-0.39, 0.29) is 11.8 Å². The molecule has 1 spiro atoms. The first-order valence-electron chi connectivity index (χ1n) is 8.05. The maximum Gasteiger partial charge on any atom is 0.322 e. The number of carbonyl (C=O) groups is 3. The summed E-state index contributed by atoms with van der Waals surface area (Å²) in [5.41, 5.74) is 0.198. The molecular weight excluding hydrogens is 310 g/mol. The minimum atomic E-state index is -0.867. The molecule has 4 amide bonds. The lowest BCUT2D eigenvalue weighted by Gasteiger charge is -2.37. The van der Waals surface area contributed by atoms with Gasteiger partial charge in [-0.05, 0) is 44.4 Å². The monoisotopic (exact) mass is 331 g/mol. The van der Waals surface area contributed by atoms with Gasteiger partial charge in [0.05, 0.1) is 0 Å². The molecule has 24 heavy (non-hydrogen) atoms. The second-order valence-electron chi connectivity index (χ2n) is 6.39. The summed E-state index contributed by atoms with van der Waals surface area (Å²) in [6.07, 6.45) is 0.217. The number of hydrogen-bond acceptors (Lipinski definition) is 4. The highest BCUT2D eigenvalue weighted by Gasteiger charge is 2.48. The maximum absolute atomic E-state index is 12.5. The van der Waals surface area contributed by atoms with Gasteiger partial charge in [-0.3, -0.25) is 14.9 Å². The molecule has 128 valence electrons. The molecule has 1 atom stereocenters. The van der Waals surface area contributed by atoms with Gasteiger partial charge in [0, 0.05) is 13.1 Å². The molecule has 3 rings (SSSR count). The molecule has 2 N–H and O–H groups in total. The number of urea groups is 1. The zero-order valence-corrected chi connectivity index (χ0v) is 13.8. The number of amides is 4. The molecular formula is C17H21N3O4. The van der Waals surface area contributed by atoms with E-state index < -0.39 is 17.7 Å². The van der Waals surface area contributed by atoms with Crippen LogP contribution in [0, 0.1) is 6.92 Å². The number of likely N-dealkylation sites (tertiary alicyclic amines) is 1. The highest BCUT2D eigenvalue weighted by molar-refractivity contribution is 6.07. The van der Waals surface area contributed by atoms with Gasteiger partial charge in [-0.15, -0.1) is 0 Å². The van der Waals surface area contributed by atoms with Crippen molar-refractivity contribution < 1.29 is 19.1 Å². The summed E-state index contributed by atoms with van der Waals surface area (Å²) in [5, 5.41) is 4.95. The van der Waals surface area contributed by atoms with Crippen LogP contribution in [0.1, 0.15) is 25.3 Å². The second kappa shape index (κ2) is 6.14. The van der Waals surface area contributed by atoms with E-state index >= 15 is 0 Å². The zero-order chi connectivity index (χ0) is 17.3. The van der Waals surface area contributed by atoms with Crippen molar-refractivity contribution >= 4 is 17.8 Å². The first-order valence-corrected chi connectivity index (χ1v) is 8.05. The topological polar surface area (TPSA) is 87.7 Å². The van der Waals surface area contributed by atoms with Gasteiger partial charge in [-0.2, -0.15) is 0 Å². The smallest absolute Gasteiger partial charge is 0.322 e. The van der Waals surface area contributed by atoms with Crippen molar-refractivity contribution in [3.8, 4) is 5.75 Å². The number of carbonyl (C=O) groups excluding carboxylic acids is 3. The van der Waals surface area contributed by atoms with E-state index in [4.69, 9.17) is 4.74 Å². The summed E-state index contributed by atoms with van der Waals surface area (Å²) < 4.78 is 5.73. The van der Waals surface area contributed by atoms with Crippen molar-refractivity contribution in [3.05, 3.63) is 29.8 Å². The third-order valence-corrected chi connectivity index (χ3v) is 4.59. The molecule has 1 aromatic carbocycles. The Morgan fingerprint density at radius 1 is 1.29 bits per heavy atom. The average Bonchev–Trinajstić information content (AvgIpc) is 2.81. The first-order chi connectivity index (χ1) is 11.4. The number of aryl methyl sites for hydroxylation is 1. The summed E-state index contributed by atoms with van der Waals surface area (Å²) in [7, 11) is 0. The fourth-order valence-corrected chi connectivity index (χ4v) is 3.19. The van der Waals surface area contributed by atoms with Crippen molar-refractivity contribution in [1.29, 1.82) is 0 Å². The molecule has 7 nitrogen and oxygen atoms in total.